The Balaban J connectivity index is 1.95. The van der Waals surface area contributed by atoms with Gasteiger partial charge in [0, 0.05) is 18.7 Å². The number of amides is 2. The number of carbonyl (C=O) groups excluding carboxylic acids is 2. The summed E-state index contributed by atoms with van der Waals surface area (Å²) in [6.45, 7) is 2.91. The third kappa shape index (κ3) is 3.56. The van der Waals surface area contributed by atoms with Gasteiger partial charge in [-0.2, -0.15) is 0 Å². The summed E-state index contributed by atoms with van der Waals surface area (Å²) >= 11 is 0. The van der Waals surface area contributed by atoms with Gasteiger partial charge in [0.1, 0.15) is 0 Å². The molecular formula is C15H20N2O2. The van der Waals surface area contributed by atoms with Gasteiger partial charge >= 0.3 is 0 Å². The number of piperidine rings is 1. The van der Waals surface area contributed by atoms with Gasteiger partial charge in [0.2, 0.25) is 11.8 Å². The first-order valence-electron chi connectivity index (χ1n) is 6.86. The van der Waals surface area contributed by atoms with Gasteiger partial charge in [-0.3, -0.25) is 9.59 Å². The van der Waals surface area contributed by atoms with Crippen LogP contribution in [0.1, 0.15) is 31.7 Å². The molecule has 1 aliphatic rings. The molecule has 0 spiro atoms. The molecule has 4 heteroatoms. The zero-order valence-electron chi connectivity index (χ0n) is 11.3. The van der Waals surface area contributed by atoms with Crippen LogP contribution in [0.5, 0.6) is 0 Å². The van der Waals surface area contributed by atoms with Crippen LogP contribution < -0.4 is 5.32 Å². The standard InChI is InChI=1S/C15H20N2O2/c1-2-12-7-3-4-8-13(12)16-14(18)11-17-10-6-5-9-15(17)19/h3-4,7-8H,2,5-6,9-11H2,1H3,(H,16,18). The molecule has 1 saturated heterocycles. The molecule has 1 fully saturated rings. The summed E-state index contributed by atoms with van der Waals surface area (Å²) in [4.78, 5) is 25.3. The Bertz CT molecular complexity index is 471. The van der Waals surface area contributed by atoms with Gasteiger partial charge in [0.25, 0.3) is 0 Å². The van der Waals surface area contributed by atoms with Crippen molar-refractivity contribution in [1.82, 2.24) is 4.90 Å². The average molecular weight is 260 g/mol. The maximum atomic E-state index is 12.0. The molecule has 1 heterocycles. The number of carbonyl (C=O) groups is 2. The zero-order chi connectivity index (χ0) is 13.7. The molecule has 0 radical (unpaired) electrons. The van der Waals surface area contributed by atoms with Crippen LogP contribution in [-0.4, -0.2) is 29.8 Å². The molecule has 0 aliphatic carbocycles. The number of benzene rings is 1. The average Bonchev–Trinajstić information content (AvgIpc) is 2.42. The molecule has 19 heavy (non-hydrogen) atoms. The van der Waals surface area contributed by atoms with Gasteiger partial charge < -0.3 is 10.2 Å². The summed E-state index contributed by atoms with van der Waals surface area (Å²) in [5.41, 5.74) is 1.96. The van der Waals surface area contributed by atoms with E-state index in [-0.39, 0.29) is 18.4 Å². The van der Waals surface area contributed by atoms with Crippen molar-refractivity contribution in [3.8, 4) is 0 Å². The first kappa shape index (κ1) is 13.6. The molecule has 0 unspecified atom stereocenters. The highest BCUT2D eigenvalue weighted by atomic mass is 16.2. The maximum absolute atomic E-state index is 12.0. The second-order valence-corrected chi connectivity index (χ2v) is 4.83. The SMILES string of the molecule is CCc1ccccc1NC(=O)CN1CCCCC1=O. The molecule has 0 bridgehead atoms. The topological polar surface area (TPSA) is 49.4 Å². The molecule has 1 aromatic carbocycles. The quantitative estimate of drug-likeness (QED) is 0.902. The molecule has 2 amide bonds. The van der Waals surface area contributed by atoms with Gasteiger partial charge in [-0.1, -0.05) is 25.1 Å². The van der Waals surface area contributed by atoms with Gasteiger partial charge in [0.05, 0.1) is 6.54 Å². The fourth-order valence-electron chi connectivity index (χ4n) is 2.34. The molecular weight excluding hydrogens is 240 g/mol. The number of anilines is 1. The van der Waals surface area contributed by atoms with Crippen molar-refractivity contribution in [2.24, 2.45) is 0 Å². The number of hydrogen-bond acceptors (Lipinski definition) is 2. The molecule has 1 N–H and O–H groups in total. The van der Waals surface area contributed by atoms with Crippen LogP contribution >= 0.6 is 0 Å². The molecule has 2 rings (SSSR count). The lowest BCUT2D eigenvalue weighted by Crippen LogP contribution is -2.40. The van der Waals surface area contributed by atoms with Crippen LogP contribution in [0.3, 0.4) is 0 Å². The number of nitrogens with zero attached hydrogens (tertiary/aromatic N) is 1. The van der Waals surface area contributed by atoms with Gasteiger partial charge in [-0.25, -0.2) is 0 Å². The largest absolute Gasteiger partial charge is 0.333 e. The minimum absolute atomic E-state index is 0.0881. The normalized spacial score (nSPS) is 15.4. The van der Waals surface area contributed by atoms with Gasteiger partial charge in [0.15, 0.2) is 0 Å². The van der Waals surface area contributed by atoms with E-state index < -0.39 is 0 Å². The van der Waals surface area contributed by atoms with Crippen LogP contribution in [0.4, 0.5) is 5.69 Å². The van der Waals surface area contributed by atoms with E-state index in [2.05, 4.69) is 12.2 Å². The molecule has 4 nitrogen and oxygen atoms in total. The van der Waals surface area contributed by atoms with Crippen molar-refractivity contribution in [2.75, 3.05) is 18.4 Å². The molecule has 102 valence electrons. The number of hydrogen-bond donors (Lipinski definition) is 1. The van der Waals surface area contributed by atoms with Crippen LogP contribution in [0.2, 0.25) is 0 Å². The number of nitrogens with one attached hydrogen (secondary N) is 1. The Hall–Kier alpha value is -1.84. The lowest BCUT2D eigenvalue weighted by molar-refractivity contribution is -0.136. The van der Waals surface area contributed by atoms with E-state index in [4.69, 9.17) is 0 Å². The molecule has 0 aromatic heterocycles. The maximum Gasteiger partial charge on any atom is 0.244 e. The lowest BCUT2D eigenvalue weighted by Gasteiger charge is -2.26. The second-order valence-electron chi connectivity index (χ2n) is 4.83. The number of rotatable bonds is 4. The summed E-state index contributed by atoms with van der Waals surface area (Å²) < 4.78 is 0. The van der Waals surface area contributed by atoms with Crippen molar-refractivity contribution in [3.63, 3.8) is 0 Å². The van der Waals surface area contributed by atoms with Crippen LogP contribution in [0, 0.1) is 0 Å². The fourth-order valence-corrected chi connectivity index (χ4v) is 2.34. The Morgan fingerprint density at radius 2 is 2.11 bits per heavy atom. The molecule has 0 saturated carbocycles. The van der Waals surface area contributed by atoms with E-state index >= 15 is 0 Å². The third-order valence-electron chi connectivity index (χ3n) is 3.43. The Kier molecular flexibility index (Phi) is 4.55. The number of aryl methyl sites for hydroxylation is 1. The van der Waals surface area contributed by atoms with Crippen molar-refractivity contribution in [2.45, 2.75) is 32.6 Å². The van der Waals surface area contributed by atoms with E-state index in [1.54, 1.807) is 4.90 Å². The first-order chi connectivity index (χ1) is 9.20. The van der Waals surface area contributed by atoms with E-state index in [9.17, 15) is 9.59 Å². The lowest BCUT2D eigenvalue weighted by atomic mass is 10.1. The number of para-hydroxylation sites is 1. The fraction of sp³-hybridized carbons (Fsp3) is 0.467. The highest BCUT2D eigenvalue weighted by Gasteiger charge is 2.20. The van der Waals surface area contributed by atoms with E-state index in [1.807, 2.05) is 24.3 Å². The van der Waals surface area contributed by atoms with Crippen molar-refractivity contribution >= 4 is 17.5 Å². The summed E-state index contributed by atoms with van der Waals surface area (Å²) in [6.07, 6.45) is 3.37. The summed E-state index contributed by atoms with van der Waals surface area (Å²) in [6, 6.07) is 7.76. The summed E-state index contributed by atoms with van der Waals surface area (Å²) in [7, 11) is 0. The predicted octanol–water partition coefficient (Wildman–Crippen LogP) is 2.20. The van der Waals surface area contributed by atoms with E-state index in [0.29, 0.717) is 13.0 Å². The Morgan fingerprint density at radius 1 is 1.32 bits per heavy atom. The highest BCUT2D eigenvalue weighted by molar-refractivity contribution is 5.95. The monoisotopic (exact) mass is 260 g/mol. The summed E-state index contributed by atoms with van der Waals surface area (Å²) in [5, 5.41) is 2.90. The predicted molar refractivity (Wildman–Crippen MR) is 74.9 cm³/mol. The van der Waals surface area contributed by atoms with Crippen molar-refractivity contribution in [1.29, 1.82) is 0 Å². The molecule has 1 aromatic rings. The Labute approximate surface area is 113 Å². The van der Waals surface area contributed by atoms with E-state index in [1.165, 1.54) is 0 Å². The van der Waals surface area contributed by atoms with Crippen LogP contribution in [-0.2, 0) is 16.0 Å². The molecule has 1 aliphatic heterocycles. The van der Waals surface area contributed by atoms with Gasteiger partial charge in [-0.05, 0) is 30.9 Å². The van der Waals surface area contributed by atoms with Crippen LogP contribution in [0.15, 0.2) is 24.3 Å². The molecule has 0 atom stereocenters. The second kappa shape index (κ2) is 6.36. The Morgan fingerprint density at radius 3 is 2.84 bits per heavy atom. The number of likely N-dealkylation sites (tertiary alicyclic amines) is 1. The summed E-state index contributed by atoms with van der Waals surface area (Å²) in [5.74, 6) is -0.0265. The highest BCUT2D eigenvalue weighted by Crippen LogP contribution is 2.16. The van der Waals surface area contributed by atoms with Crippen molar-refractivity contribution in [3.05, 3.63) is 29.8 Å². The van der Waals surface area contributed by atoms with Crippen molar-refractivity contribution < 1.29 is 9.59 Å². The zero-order valence-corrected chi connectivity index (χ0v) is 11.3. The minimum atomic E-state index is -0.115. The minimum Gasteiger partial charge on any atom is -0.333 e. The third-order valence-corrected chi connectivity index (χ3v) is 3.43. The first-order valence-corrected chi connectivity index (χ1v) is 6.86. The van der Waals surface area contributed by atoms with Gasteiger partial charge in [-0.15, -0.1) is 0 Å². The van der Waals surface area contributed by atoms with Crippen LogP contribution in [0.25, 0.3) is 0 Å². The smallest absolute Gasteiger partial charge is 0.244 e. The van der Waals surface area contributed by atoms with E-state index in [0.717, 1.165) is 30.5 Å².